The van der Waals surface area contributed by atoms with E-state index in [1.54, 1.807) is 13.2 Å². The monoisotopic (exact) mass is 324 g/mol. The molecule has 0 bridgehead atoms. The summed E-state index contributed by atoms with van der Waals surface area (Å²) in [6.45, 7) is 2.55. The molecular weight excluding hydrogens is 300 g/mol. The Kier molecular flexibility index (Phi) is 6.09. The molecule has 2 rings (SSSR count). The van der Waals surface area contributed by atoms with Gasteiger partial charge in [0.15, 0.2) is 0 Å². The van der Waals surface area contributed by atoms with Crippen molar-refractivity contribution < 1.29 is 9.53 Å². The Hall–Kier alpha value is -1.26. The molecule has 0 unspecified atom stereocenters. The quantitative estimate of drug-likeness (QED) is 0.873. The number of carbonyl (C=O) groups excluding carboxylic acids is 1. The van der Waals surface area contributed by atoms with E-state index < -0.39 is 0 Å². The number of likely N-dealkylation sites (N-methyl/N-ethyl adjacent to an activating group) is 1. The van der Waals surface area contributed by atoms with Crippen LogP contribution in [0.4, 0.5) is 0 Å². The summed E-state index contributed by atoms with van der Waals surface area (Å²) < 4.78 is 5.36. The number of carbonyl (C=O) groups is 1. The van der Waals surface area contributed by atoms with Gasteiger partial charge in [-0.3, -0.25) is 9.69 Å². The van der Waals surface area contributed by atoms with Crippen LogP contribution in [-0.2, 0) is 11.3 Å². The molecule has 1 saturated carbocycles. The molecular formula is C17H25ClN2O2. The van der Waals surface area contributed by atoms with Crippen LogP contribution in [0.1, 0.15) is 38.2 Å². The van der Waals surface area contributed by atoms with Gasteiger partial charge in [0.25, 0.3) is 0 Å². The Morgan fingerprint density at radius 3 is 2.77 bits per heavy atom. The van der Waals surface area contributed by atoms with Crippen molar-refractivity contribution in [1.29, 1.82) is 0 Å². The Morgan fingerprint density at radius 1 is 1.45 bits per heavy atom. The van der Waals surface area contributed by atoms with Crippen molar-refractivity contribution in [1.82, 2.24) is 10.2 Å². The fraction of sp³-hybridized carbons (Fsp3) is 0.588. The number of amides is 1. The molecule has 0 aliphatic heterocycles. The fourth-order valence-corrected chi connectivity index (χ4v) is 3.06. The summed E-state index contributed by atoms with van der Waals surface area (Å²) in [6.07, 6.45) is 4.64. The van der Waals surface area contributed by atoms with Crippen molar-refractivity contribution in [2.75, 3.05) is 14.2 Å². The lowest BCUT2D eigenvalue weighted by atomic mass is 10.1. The molecule has 122 valence electrons. The van der Waals surface area contributed by atoms with Crippen molar-refractivity contribution in [3.05, 3.63) is 28.8 Å². The Morgan fingerprint density at radius 2 is 2.14 bits per heavy atom. The maximum absolute atomic E-state index is 12.3. The van der Waals surface area contributed by atoms with Crippen LogP contribution in [0, 0.1) is 0 Å². The summed E-state index contributed by atoms with van der Waals surface area (Å²) in [5.74, 6) is 0.884. The van der Waals surface area contributed by atoms with Crippen LogP contribution in [0.3, 0.4) is 0 Å². The summed E-state index contributed by atoms with van der Waals surface area (Å²) in [5, 5.41) is 3.82. The van der Waals surface area contributed by atoms with Crippen LogP contribution >= 0.6 is 11.6 Å². The molecule has 1 aromatic carbocycles. The topological polar surface area (TPSA) is 41.6 Å². The van der Waals surface area contributed by atoms with Gasteiger partial charge in [-0.15, -0.1) is 0 Å². The highest BCUT2D eigenvalue weighted by molar-refractivity contribution is 6.30. The maximum Gasteiger partial charge on any atom is 0.237 e. The first-order valence-electron chi connectivity index (χ1n) is 7.84. The van der Waals surface area contributed by atoms with Crippen LogP contribution in [0.15, 0.2) is 18.2 Å². The number of halogens is 1. The third kappa shape index (κ3) is 4.37. The van der Waals surface area contributed by atoms with E-state index in [9.17, 15) is 4.79 Å². The van der Waals surface area contributed by atoms with E-state index in [1.165, 1.54) is 12.8 Å². The Bertz CT molecular complexity index is 515. The zero-order valence-corrected chi connectivity index (χ0v) is 14.3. The first kappa shape index (κ1) is 17.1. The number of ether oxygens (including phenoxy) is 1. The molecule has 1 aromatic rings. The molecule has 1 amide bonds. The zero-order chi connectivity index (χ0) is 16.1. The molecule has 0 radical (unpaired) electrons. The number of hydrogen-bond donors (Lipinski definition) is 1. The van der Waals surface area contributed by atoms with Gasteiger partial charge in [0.2, 0.25) is 5.91 Å². The SMILES string of the molecule is COc1ccc(Cl)cc1CN(C)[C@@H](C)C(=O)NC1CCCC1. The highest BCUT2D eigenvalue weighted by Gasteiger charge is 2.23. The van der Waals surface area contributed by atoms with Gasteiger partial charge < -0.3 is 10.1 Å². The minimum absolute atomic E-state index is 0.0930. The fourth-order valence-electron chi connectivity index (χ4n) is 2.87. The van der Waals surface area contributed by atoms with E-state index in [0.29, 0.717) is 17.6 Å². The molecule has 0 heterocycles. The molecule has 4 nitrogen and oxygen atoms in total. The van der Waals surface area contributed by atoms with Crippen LogP contribution in [0.25, 0.3) is 0 Å². The lowest BCUT2D eigenvalue weighted by Crippen LogP contribution is -2.46. The van der Waals surface area contributed by atoms with Crippen LogP contribution in [0.5, 0.6) is 5.75 Å². The summed E-state index contributed by atoms with van der Waals surface area (Å²) in [5.41, 5.74) is 0.984. The van der Waals surface area contributed by atoms with Gasteiger partial charge in [-0.1, -0.05) is 24.4 Å². The average Bonchev–Trinajstić information content (AvgIpc) is 2.99. The van der Waals surface area contributed by atoms with Gasteiger partial charge in [0.1, 0.15) is 5.75 Å². The molecule has 0 aromatic heterocycles. The third-order valence-electron chi connectivity index (χ3n) is 4.40. The van der Waals surface area contributed by atoms with Crippen molar-refractivity contribution in [2.24, 2.45) is 0 Å². The van der Waals surface area contributed by atoms with Crippen molar-refractivity contribution in [3.63, 3.8) is 0 Å². The summed E-state index contributed by atoms with van der Waals surface area (Å²) in [6, 6.07) is 5.71. The number of nitrogens with zero attached hydrogens (tertiary/aromatic N) is 1. The lowest BCUT2D eigenvalue weighted by molar-refractivity contribution is -0.126. The predicted molar refractivity (Wildman–Crippen MR) is 89.3 cm³/mol. The Balaban J connectivity index is 1.96. The first-order valence-corrected chi connectivity index (χ1v) is 8.22. The van der Waals surface area contributed by atoms with E-state index in [-0.39, 0.29) is 11.9 Å². The van der Waals surface area contributed by atoms with Gasteiger partial charge >= 0.3 is 0 Å². The number of rotatable bonds is 6. The molecule has 1 atom stereocenters. The van der Waals surface area contributed by atoms with Gasteiger partial charge in [-0.05, 0) is 45.0 Å². The number of nitrogens with one attached hydrogen (secondary N) is 1. The molecule has 0 spiro atoms. The Labute approximate surface area is 137 Å². The molecule has 0 saturated heterocycles. The second-order valence-corrected chi connectivity index (χ2v) is 6.47. The van der Waals surface area contributed by atoms with Crippen molar-refractivity contribution in [3.8, 4) is 5.75 Å². The van der Waals surface area contributed by atoms with E-state index in [2.05, 4.69) is 5.32 Å². The summed E-state index contributed by atoms with van der Waals surface area (Å²) in [7, 11) is 3.59. The minimum Gasteiger partial charge on any atom is -0.496 e. The third-order valence-corrected chi connectivity index (χ3v) is 4.64. The highest BCUT2D eigenvalue weighted by atomic mass is 35.5. The average molecular weight is 325 g/mol. The second-order valence-electron chi connectivity index (χ2n) is 6.04. The van der Waals surface area contributed by atoms with E-state index in [1.807, 2.05) is 31.0 Å². The van der Waals surface area contributed by atoms with E-state index in [4.69, 9.17) is 16.3 Å². The van der Waals surface area contributed by atoms with Gasteiger partial charge in [-0.25, -0.2) is 0 Å². The molecule has 1 fully saturated rings. The molecule has 1 aliphatic rings. The lowest BCUT2D eigenvalue weighted by Gasteiger charge is -2.26. The molecule has 5 heteroatoms. The first-order chi connectivity index (χ1) is 10.5. The summed E-state index contributed by atoms with van der Waals surface area (Å²) in [4.78, 5) is 14.4. The number of benzene rings is 1. The number of methoxy groups -OCH3 is 1. The maximum atomic E-state index is 12.3. The standard InChI is InChI=1S/C17H25ClN2O2/c1-12(17(21)19-15-6-4-5-7-15)20(2)11-13-10-14(18)8-9-16(13)22-3/h8-10,12,15H,4-7,11H2,1-3H3,(H,19,21)/t12-/m0/s1. The predicted octanol–water partition coefficient (Wildman–Crippen LogP) is 3.23. The zero-order valence-electron chi connectivity index (χ0n) is 13.6. The smallest absolute Gasteiger partial charge is 0.237 e. The van der Waals surface area contributed by atoms with Crippen LogP contribution in [-0.4, -0.2) is 37.0 Å². The van der Waals surface area contributed by atoms with Crippen molar-refractivity contribution >= 4 is 17.5 Å². The van der Waals surface area contributed by atoms with E-state index >= 15 is 0 Å². The van der Waals surface area contributed by atoms with Gasteiger partial charge in [0, 0.05) is 23.2 Å². The highest BCUT2D eigenvalue weighted by Crippen LogP contribution is 2.24. The van der Waals surface area contributed by atoms with Gasteiger partial charge in [-0.2, -0.15) is 0 Å². The summed E-state index contributed by atoms with van der Waals surface area (Å²) >= 11 is 6.06. The van der Waals surface area contributed by atoms with Gasteiger partial charge in [0.05, 0.1) is 13.2 Å². The van der Waals surface area contributed by atoms with Crippen LogP contribution < -0.4 is 10.1 Å². The minimum atomic E-state index is -0.190. The second kappa shape index (κ2) is 7.84. The van der Waals surface area contributed by atoms with Crippen molar-refractivity contribution in [2.45, 2.75) is 51.2 Å². The van der Waals surface area contributed by atoms with E-state index in [0.717, 1.165) is 24.2 Å². The van der Waals surface area contributed by atoms with Crippen LogP contribution in [0.2, 0.25) is 5.02 Å². The molecule has 1 N–H and O–H groups in total. The molecule has 1 aliphatic carbocycles. The normalized spacial score (nSPS) is 16.8. The number of hydrogen-bond acceptors (Lipinski definition) is 3. The molecule has 22 heavy (non-hydrogen) atoms. The largest absolute Gasteiger partial charge is 0.496 e.